The van der Waals surface area contributed by atoms with Crippen molar-refractivity contribution in [3.05, 3.63) is 42.0 Å². The molecule has 3 atom stereocenters. The van der Waals surface area contributed by atoms with Crippen LogP contribution >= 0.6 is 0 Å². The van der Waals surface area contributed by atoms with Crippen LogP contribution in [0.15, 0.2) is 30.7 Å². The predicted octanol–water partition coefficient (Wildman–Crippen LogP) is 1.54. The molecule has 2 aromatic heterocycles. The van der Waals surface area contributed by atoms with E-state index in [2.05, 4.69) is 31.2 Å². The number of rotatable bonds is 5. The molecule has 0 radical (unpaired) electrons. The van der Waals surface area contributed by atoms with Crippen molar-refractivity contribution < 1.29 is 5.11 Å². The van der Waals surface area contributed by atoms with E-state index in [0.717, 1.165) is 43.9 Å². The van der Waals surface area contributed by atoms with E-state index in [0.29, 0.717) is 12.6 Å². The minimum absolute atomic E-state index is 0.215. The summed E-state index contributed by atoms with van der Waals surface area (Å²) in [6.07, 6.45) is 7.27. The van der Waals surface area contributed by atoms with Crippen LogP contribution < -0.4 is 15.1 Å². The molecule has 4 rings (SSSR count). The van der Waals surface area contributed by atoms with E-state index in [1.165, 1.54) is 11.3 Å². The summed E-state index contributed by atoms with van der Waals surface area (Å²) in [6, 6.07) is 6.75. The number of aliphatic hydroxyl groups excluding tert-OH is 1. The summed E-state index contributed by atoms with van der Waals surface area (Å²) in [5, 5.41) is 14.0. The van der Waals surface area contributed by atoms with E-state index < -0.39 is 0 Å². The first-order chi connectivity index (χ1) is 13.1. The average molecular weight is 368 g/mol. The Hall–Kier alpha value is -2.25. The Morgan fingerprint density at radius 3 is 3.04 bits per heavy atom. The maximum absolute atomic E-state index is 10.3. The maximum Gasteiger partial charge on any atom is 0.134 e. The Morgan fingerprint density at radius 2 is 2.19 bits per heavy atom. The summed E-state index contributed by atoms with van der Waals surface area (Å²) < 4.78 is 0. The lowest BCUT2D eigenvalue weighted by Gasteiger charge is -2.30. The molecule has 0 bridgehead atoms. The fourth-order valence-corrected chi connectivity index (χ4v) is 4.20. The SMILES string of the molecule is CN(C)c1cc(N2C[C@H](O)C[C@@H]2CNC2CCCc3ncccc32)ncn1. The second kappa shape index (κ2) is 7.78. The Kier molecular flexibility index (Phi) is 5.22. The summed E-state index contributed by atoms with van der Waals surface area (Å²) in [4.78, 5) is 17.5. The first-order valence-corrected chi connectivity index (χ1v) is 9.73. The van der Waals surface area contributed by atoms with Crippen molar-refractivity contribution in [1.29, 1.82) is 0 Å². The number of nitrogens with one attached hydrogen (secondary N) is 1. The molecule has 0 aromatic carbocycles. The zero-order chi connectivity index (χ0) is 18.8. The quantitative estimate of drug-likeness (QED) is 0.829. The van der Waals surface area contributed by atoms with E-state index in [4.69, 9.17) is 0 Å². The molecule has 2 aromatic rings. The first-order valence-electron chi connectivity index (χ1n) is 9.73. The number of anilines is 2. The molecular weight excluding hydrogens is 340 g/mol. The molecule has 1 fully saturated rings. The number of aromatic nitrogens is 3. The number of fused-ring (bicyclic) bond motifs is 1. The number of β-amino-alcohol motifs (C(OH)–C–C–N with tert-alkyl or cyclic N) is 1. The number of pyridine rings is 1. The summed E-state index contributed by atoms with van der Waals surface area (Å²) in [7, 11) is 3.94. The molecule has 2 N–H and O–H groups in total. The second-order valence-electron chi connectivity index (χ2n) is 7.72. The Morgan fingerprint density at radius 1 is 1.30 bits per heavy atom. The van der Waals surface area contributed by atoms with E-state index in [1.54, 1.807) is 6.33 Å². The molecule has 144 valence electrons. The topological polar surface area (TPSA) is 77.4 Å². The van der Waals surface area contributed by atoms with E-state index in [1.807, 2.05) is 37.3 Å². The van der Waals surface area contributed by atoms with Gasteiger partial charge in [0.25, 0.3) is 0 Å². The van der Waals surface area contributed by atoms with Gasteiger partial charge in [-0.15, -0.1) is 0 Å². The van der Waals surface area contributed by atoms with Crippen LogP contribution in [0, 0.1) is 0 Å². The molecular formula is C20H28N6O. The lowest BCUT2D eigenvalue weighted by atomic mass is 9.91. The van der Waals surface area contributed by atoms with Crippen molar-refractivity contribution in [3.8, 4) is 0 Å². The van der Waals surface area contributed by atoms with Gasteiger partial charge in [0.2, 0.25) is 0 Å². The smallest absolute Gasteiger partial charge is 0.134 e. The average Bonchev–Trinajstić information content (AvgIpc) is 3.07. The summed E-state index contributed by atoms with van der Waals surface area (Å²) in [5.41, 5.74) is 2.54. The third-order valence-corrected chi connectivity index (χ3v) is 5.59. The van der Waals surface area contributed by atoms with Crippen molar-refractivity contribution in [1.82, 2.24) is 20.3 Å². The van der Waals surface area contributed by atoms with Gasteiger partial charge in [-0.25, -0.2) is 9.97 Å². The fourth-order valence-electron chi connectivity index (χ4n) is 4.20. The van der Waals surface area contributed by atoms with Gasteiger partial charge in [0.1, 0.15) is 18.0 Å². The van der Waals surface area contributed by atoms with Crippen molar-refractivity contribution in [2.24, 2.45) is 0 Å². The van der Waals surface area contributed by atoms with Crippen LogP contribution in [0.1, 0.15) is 36.6 Å². The first kappa shape index (κ1) is 18.1. The van der Waals surface area contributed by atoms with Gasteiger partial charge in [0.15, 0.2) is 0 Å². The van der Waals surface area contributed by atoms with Crippen LogP contribution in [0.4, 0.5) is 11.6 Å². The zero-order valence-electron chi connectivity index (χ0n) is 16.0. The highest BCUT2D eigenvalue weighted by atomic mass is 16.3. The molecule has 1 saturated heterocycles. The zero-order valence-corrected chi connectivity index (χ0v) is 16.0. The Balaban J connectivity index is 1.47. The monoisotopic (exact) mass is 368 g/mol. The number of hydrogen-bond acceptors (Lipinski definition) is 7. The van der Waals surface area contributed by atoms with E-state index in [-0.39, 0.29) is 12.1 Å². The third-order valence-electron chi connectivity index (χ3n) is 5.59. The number of hydrogen-bond donors (Lipinski definition) is 2. The normalized spacial score (nSPS) is 24.7. The lowest BCUT2D eigenvalue weighted by Crippen LogP contribution is -2.40. The molecule has 27 heavy (non-hydrogen) atoms. The second-order valence-corrected chi connectivity index (χ2v) is 7.72. The Bertz CT molecular complexity index is 783. The van der Waals surface area contributed by atoms with Crippen LogP contribution in [0.5, 0.6) is 0 Å². The van der Waals surface area contributed by atoms with Crippen molar-refractivity contribution in [3.63, 3.8) is 0 Å². The number of aliphatic hydroxyl groups is 1. The van der Waals surface area contributed by atoms with Gasteiger partial charge in [-0.2, -0.15) is 0 Å². The lowest BCUT2D eigenvalue weighted by molar-refractivity contribution is 0.193. The van der Waals surface area contributed by atoms with Crippen molar-refractivity contribution in [2.75, 3.05) is 37.0 Å². The van der Waals surface area contributed by atoms with Crippen LogP contribution in [-0.4, -0.2) is 59.4 Å². The molecule has 0 saturated carbocycles. The summed E-state index contributed by atoms with van der Waals surface area (Å²) >= 11 is 0. The highest BCUT2D eigenvalue weighted by molar-refractivity contribution is 5.51. The van der Waals surface area contributed by atoms with Gasteiger partial charge in [0, 0.05) is 57.2 Å². The van der Waals surface area contributed by atoms with Crippen LogP contribution in [-0.2, 0) is 6.42 Å². The minimum Gasteiger partial charge on any atom is -0.391 e. The fraction of sp³-hybridized carbons (Fsp3) is 0.550. The molecule has 1 unspecified atom stereocenters. The molecule has 0 spiro atoms. The number of aryl methyl sites for hydroxylation is 1. The van der Waals surface area contributed by atoms with Crippen LogP contribution in [0.25, 0.3) is 0 Å². The van der Waals surface area contributed by atoms with Gasteiger partial charge < -0.3 is 20.2 Å². The van der Waals surface area contributed by atoms with Gasteiger partial charge in [-0.3, -0.25) is 4.98 Å². The summed E-state index contributed by atoms with van der Waals surface area (Å²) in [6.45, 7) is 1.43. The third kappa shape index (κ3) is 3.89. The minimum atomic E-state index is -0.324. The van der Waals surface area contributed by atoms with E-state index >= 15 is 0 Å². The number of nitrogens with zero attached hydrogens (tertiary/aromatic N) is 5. The molecule has 1 aliphatic carbocycles. The Labute approximate surface area is 160 Å². The maximum atomic E-state index is 10.3. The van der Waals surface area contributed by atoms with E-state index in [9.17, 15) is 5.11 Å². The standard InChI is InChI=1S/C20H28N6O/c1-25(2)19-10-20(24-13-23-19)26-12-15(27)9-14(26)11-22-18-7-3-6-17-16(18)5-4-8-21-17/h4-5,8,10,13-15,18,22,27H,3,6-7,9,11-12H2,1-2H3/t14-,15-,18?/m1/s1. The van der Waals surface area contributed by atoms with Gasteiger partial charge in [0.05, 0.1) is 6.10 Å². The van der Waals surface area contributed by atoms with Crippen molar-refractivity contribution in [2.45, 2.75) is 43.9 Å². The summed E-state index contributed by atoms with van der Waals surface area (Å²) in [5.74, 6) is 1.75. The van der Waals surface area contributed by atoms with Crippen LogP contribution in [0.3, 0.4) is 0 Å². The van der Waals surface area contributed by atoms with Gasteiger partial charge >= 0.3 is 0 Å². The molecule has 0 amide bonds. The molecule has 7 heteroatoms. The predicted molar refractivity (Wildman–Crippen MR) is 106 cm³/mol. The molecule has 3 heterocycles. The van der Waals surface area contributed by atoms with Crippen LogP contribution in [0.2, 0.25) is 0 Å². The highest BCUT2D eigenvalue weighted by Gasteiger charge is 2.33. The molecule has 1 aliphatic heterocycles. The van der Waals surface area contributed by atoms with Gasteiger partial charge in [-0.05, 0) is 37.3 Å². The largest absolute Gasteiger partial charge is 0.391 e. The van der Waals surface area contributed by atoms with Crippen molar-refractivity contribution >= 4 is 11.6 Å². The molecule has 2 aliphatic rings. The highest BCUT2D eigenvalue weighted by Crippen LogP contribution is 2.30. The van der Waals surface area contributed by atoms with Gasteiger partial charge in [-0.1, -0.05) is 6.07 Å². The molecule has 7 nitrogen and oxygen atoms in total.